The number of hydrogen-bond donors (Lipinski definition) is 2. The number of aromatic carboxylic acids is 2. The molecule has 0 spiro atoms. The molecule has 0 bridgehead atoms. The van der Waals surface area contributed by atoms with Gasteiger partial charge in [-0.15, -0.1) is 0 Å². The summed E-state index contributed by atoms with van der Waals surface area (Å²) >= 11 is 10.7. The molecular weight excluding hydrogens is 455 g/mol. The van der Waals surface area contributed by atoms with Crippen molar-refractivity contribution in [2.24, 2.45) is 0 Å². The molecule has 8 heteroatoms. The molecule has 4 aromatic rings. The maximum atomic E-state index is 11.0. The highest BCUT2D eigenvalue weighted by Gasteiger charge is 2.07. The molecule has 0 unspecified atom stereocenters. The average molecular weight is 469 g/mol. The summed E-state index contributed by atoms with van der Waals surface area (Å²) in [5.74, 6) is -1.99. The maximum absolute atomic E-state index is 11.0. The Kier molecular flexibility index (Phi) is 6.88. The van der Waals surface area contributed by atoms with Gasteiger partial charge in [-0.05, 0) is 93.3 Å². The Morgan fingerprint density at radius 2 is 0.719 bits per heavy atom. The number of carboxylic acid groups (broad SMARTS) is 2. The van der Waals surface area contributed by atoms with E-state index >= 15 is 0 Å². The Morgan fingerprint density at radius 1 is 0.469 bits per heavy atom. The van der Waals surface area contributed by atoms with Crippen molar-refractivity contribution >= 4 is 67.2 Å². The fourth-order valence-electron chi connectivity index (χ4n) is 3.00. The van der Waals surface area contributed by atoms with E-state index in [1.807, 2.05) is 0 Å². The smallest absolute Gasteiger partial charge is 0.335 e. The molecule has 0 aliphatic rings. The standard InChI is InChI=1S/C12H6Cl2O2.C12H8O4/c13-11(15)9-3-1-7-5-10(12(14)16)4-2-8(7)6-9;13-11(14)9-3-1-7-5-10(12(15)16)4-2-8(7)6-9/h1-6H;1-6H,(H,13,14)(H,15,16). The van der Waals surface area contributed by atoms with Crippen LogP contribution in [0.2, 0.25) is 0 Å². The molecule has 6 nitrogen and oxygen atoms in total. The van der Waals surface area contributed by atoms with Gasteiger partial charge in [-0.2, -0.15) is 0 Å². The highest BCUT2D eigenvalue weighted by molar-refractivity contribution is 6.68. The van der Waals surface area contributed by atoms with Gasteiger partial charge >= 0.3 is 11.9 Å². The van der Waals surface area contributed by atoms with Gasteiger partial charge in [0, 0.05) is 11.1 Å². The van der Waals surface area contributed by atoms with Gasteiger partial charge in [0.05, 0.1) is 11.1 Å². The van der Waals surface area contributed by atoms with Crippen molar-refractivity contribution < 1.29 is 29.4 Å². The molecule has 0 saturated heterocycles. The van der Waals surface area contributed by atoms with E-state index in [1.54, 1.807) is 48.5 Å². The van der Waals surface area contributed by atoms with Gasteiger partial charge in [-0.3, -0.25) is 9.59 Å². The number of carboxylic acids is 2. The molecule has 0 aliphatic heterocycles. The van der Waals surface area contributed by atoms with Crippen LogP contribution in [-0.2, 0) is 0 Å². The SMILES string of the molecule is O=C(Cl)c1ccc2cc(C(=O)Cl)ccc2c1.O=C(O)c1ccc2cc(C(=O)O)ccc2c1. The molecule has 0 fully saturated rings. The second-order valence-electron chi connectivity index (χ2n) is 6.71. The van der Waals surface area contributed by atoms with Crippen LogP contribution in [0.4, 0.5) is 0 Å². The van der Waals surface area contributed by atoms with Crippen LogP contribution in [0.3, 0.4) is 0 Å². The fourth-order valence-corrected chi connectivity index (χ4v) is 3.24. The van der Waals surface area contributed by atoms with E-state index < -0.39 is 22.4 Å². The highest BCUT2D eigenvalue weighted by Crippen LogP contribution is 2.20. The first-order chi connectivity index (χ1) is 15.2. The van der Waals surface area contributed by atoms with Crippen LogP contribution >= 0.6 is 23.2 Å². The molecule has 32 heavy (non-hydrogen) atoms. The van der Waals surface area contributed by atoms with Crippen LogP contribution in [-0.4, -0.2) is 32.6 Å². The zero-order valence-corrected chi connectivity index (χ0v) is 17.7. The van der Waals surface area contributed by atoms with Crippen molar-refractivity contribution in [3.8, 4) is 0 Å². The molecule has 0 aliphatic carbocycles. The van der Waals surface area contributed by atoms with Crippen LogP contribution in [0, 0.1) is 0 Å². The molecule has 0 radical (unpaired) electrons. The Balaban J connectivity index is 0.000000181. The first-order valence-corrected chi connectivity index (χ1v) is 9.85. The second-order valence-corrected chi connectivity index (χ2v) is 7.40. The minimum atomic E-state index is -0.996. The zero-order valence-electron chi connectivity index (χ0n) is 16.2. The van der Waals surface area contributed by atoms with Gasteiger partial charge < -0.3 is 10.2 Å². The van der Waals surface area contributed by atoms with Crippen LogP contribution in [0.15, 0.2) is 72.8 Å². The van der Waals surface area contributed by atoms with E-state index in [1.165, 1.54) is 24.3 Å². The maximum Gasteiger partial charge on any atom is 0.335 e. The summed E-state index contributed by atoms with van der Waals surface area (Å²) in [6.07, 6.45) is 0. The lowest BCUT2D eigenvalue weighted by Gasteiger charge is -2.01. The lowest BCUT2D eigenvalue weighted by Crippen LogP contribution is -1.97. The van der Waals surface area contributed by atoms with Crippen LogP contribution in [0.1, 0.15) is 41.4 Å². The molecule has 4 aromatic carbocycles. The van der Waals surface area contributed by atoms with Crippen molar-refractivity contribution in [2.45, 2.75) is 0 Å². The summed E-state index contributed by atoms with van der Waals surface area (Å²) in [7, 11) is 0. The zero-order chi connectivity index (χ0) is 23.4. The summed E-state index contributed by atoms with van der Waals surface area (Å²) in [5, 5.41) is 19.7. The van der Waals surface area contributed by atoms with Crippen LogP contribution in [0.5, 0.6) is 0 Å². The predicted molar refractivity (Wildman–Crippen MR) is 122 cm³/mol. The molecule has 0 amide bonds. The van der Waals surface area contributed by atoms with Crippen molar-refractivity contribution in [1.82, 2.24) is 0 Å². The van der Waals surface area contributed by atoms with Crippen molar-refractivity contribution in [3.63, 3.8) is 0 Å². The van der Waals surface area contributed by atoms with Gasteiger partial charge in [0.1, 0.15) is 0 Å². The average Bonchev–Trinajstić information content (AvgIpc) is 2.77. The summed E-state index contributed by atoms with van der Waals surface area (Å²) in [6.45, 7) is 0. The lowest BCUT2D eigenvalue weighted by atomic mass is 10.0. The lowest BCUT2D eigenvalue weighted by molar-refractivity contribution is 0.0686. The number of rotatable bonds is 4. The predicted octanol–water partition coefficient (Wildman–Crippen LogP) is 5.83. The number of carbonyl (C=O) groups excluding carboxylic acids is 2. The third kappa shape index (κ3) is 5.29. The Bertz CT molecular complexity index is 1180. The number of halogens is 2. The molecule has 4 rings (SSSR count). The molecule has 160 valence electrons. The van der Waals surface area contributed by atoms with E-state index in [0.717, 1.165) is 10.8 Å². The monoisotopic (exact) mass is 468 g/mol. The van der Waals surface area contributed by atoms with E-state index in [4.69, 9.17) is 33.4 Å². The topological polar surface area (TPSA) is 109 Å². The summed E-state index contributed by atoms with van der Waals surface area (Å²) in [6, 6.07) is 19.2. The minimum absolute atomic E-state index is 0.190. The highest BCUT2D eigenvalue weighted by atomic mass is 35.5. The molecule has 2 N–H and O–H groups in total. The number of hydrogen-bond acceptors (Lipinski definition) is 4. The first kappa shape index (κ1) is 22.9. The Morgan fingerprint density at radius 3 is 0.969 bits per heavy atom. The van der Waals surface area contributed by atoms with Crippen molar-refractivity contribution in [1.29, 1.82) is 0 Å². The van der Waals surface area contributed by atoms with E-state index in [9.17, 15) is 19.2 Å². The van der Waals surface area contributed by atoms with Crippen LogP contribution < -0.4 is 0 Å². The molecular formula is C24H14Cl2O6. The Labute approximate surface area is 191 Å². The third-order valence-electron chi connectivity index (χ3n) is 4.63. The van der Waals surface area contributed by atoms with Crippen molar-refractivity contribution in [3.05, 3.63) is 95.1 Å². The van der Waals surface area contributed by atoms with E-state index in [2.05, 4.69) is 0 Å². The normalized spacial score (nSPS) is 10.3. The molecule has 0 atom stereocenters. The number of benzene rings is 4. The Hall–Kier alpha value is -3.74. The van der Waals surface area contributed by atoms with Crippen LogP contribution in [0.25, 0.3) is 21.5 Å². The first-order valence-electron chi connectivity index (χ1n) is 9.09. The number of carbonyl (C=O) groups is 4. The summed E-state index contributed by atoms with van der Waals surface area (Å²) < 4.78 is 0. The largest absolute Gasteiger partial charge is 0.478 e. The fraction of sp³-hybridized carbons (Fsp3) is 0. The molecule has 0 aromatic heterocycles. The van der Waals surface area contributed by atoms with Gasteiger partial charge in [0.2, 0.25) is 0 Å². The van der Waals surface area contributed by atoms with Gasteiger partial charge in [0.25, 0.3) is 10.5 Å². The second kappa shape index (κ2) is 9.60. The van der Waals surface area contributed by atoms with Gasteiger partial charge in [0.15, 0.2) is 0 Å². The van der Waals surface area contributed by atoms with Gasteiger partial charge in [-0.25, -0.2) is 9.59 Å². The third-order valence-corrected chi connectivity index (χ3v) is 5.06. The van der Waals surface area contributed by atoms with E-state index in [-0.39, 0.29) is 11.1 Å². The van der Waals surface area contributed by atoms with Gasteiger partial charge in [-0.1, -0.05) is 24.3 Å². The quantitative estimate of drug-likeness (QED) is 0.364. The molecule has 0 saturated carbocycles. The minimum Gasteiger partial charge on any atom is -0.478 e. The number of fused-ring (bicyclic) bond motifs is 2. The summed E-state index contributed by atoms with van der Waals surface area (Å²) in [5.41, 5.74) is 1.24. The summed E-state index contributed by atoms with van der Waals surface area (Å²) in [4.78, 5) is 43.4. The van der Waals surface area contributed by atoms with Crippen molar-refractivity contribution in [2.75, 3.05) is 0 Å². The molecule has 0 heterocycles. The van der Waals surface area contributed by atoms with E-state index in [0.29, 0.717) is 21.9 Å².